The zero-order valence-corrected chi connectivity index (χ0v) is 40.0. The molecule has 11 atom stereocenters. The number of carboxylic acids is 2. The lowest BCUT2D eigenvalue weighted by atomic mass is 9.97. The second-order valence-corrected chi connectivity index (χ2v) is 16.9. The molecule has 25 heteroatoms. The second kappa shape index (κ2) is 31.1. The molecule has 0 radical (unpaired) electrons. The number of nitrogens with two attached hydrogens (primary N) is 2. The van der Waals surface area contributed by atoms with Gasteiger partial charge >= 0.3 is 11.9 Å². The van der Waals surface area contributed by atoms with E-state index in [0.29, 0.717) is 25.7 Å². The first-order chi connectivity index (χ1) is 31.2. The van der Waals surface area contributed by atoms with Crippen molar-refractivity contribution in [3.63, 3.8) is 0 Å². The van der Waals surface area contributed by atoms with E-state index in [-0.39, 0.29) is 25.8 Å². The molecule has 0 rings (SSSR count). The van der Waals surface area contributed by atoms with Crippen LogP contribution in [0.4, 0.5) is 0 Å². The van der Waals surface area contributed by atoms with Crippen LogP contribution >= 0.6 is 0 Å². The molecular formula is C42H75N11O14. The Hall–Kier alpha value is -5.95. The number of amides is 9. The molecule has 0 aromatic rings. The summed E-state index contributed by atoms with van der Waals surface area (Å²) in [7, 11) is 0. The van der Waals surface area contributed by atoms with E-state index in [1.54, 1.807) is 41.5 Å². The molecule has 16 N–H and O–H groups in total. The summed E-state index contributed by atoms with van der Waals surface area (Å²) in [5, 5.41) is 50.6. The first-order valence-corrected chi connectivity index (χ1v) is 22.5. The Morgan fingerprint density at radius 2 is 0.970 bits per heavy atom. The van der Waals surface area contributed by atoms with Crippen LogP contribution in [-0.2, 0) is 52.7 Å². The lowest BCUT2D eigenvalue weighted by Gasteiger charge is -2.29. The van der Waals surface area contributed by atoms with Gasteiger partial charge < -0.3 is 74.6 Å². The number of aliphatic hydroxyl groups is 1. The number of nitrogens with one attached hydrogen (secondary N) is 9. The van der Waals surface area contributed by atoms with Gasteiger partial charge in [-0.3, -0.25) is 47.9 Å². The van der Waals surface area contributed by atoms with E-state index in [0.717, 1.165) is 0 Å². The van der Waals surface area contributed by atoms with Crippen LogP contribution in [0.1, 0.15) is 107 Å². The van der Waals surface area contributed by atoms with Crippen LogP contribution in [-0.4, -0.2) is 154 Å². The van der Waals surface area contributed by atoms with Crippen LogP contribution in [0.15, 0.2) is 0 Å². The minimum atomic E-state index is -1.59. The molecule has 0 bridgehead atoms. The number of aliphatic carboxylic acids is 2. The van der Waals surface area contributed by atoms with Crippen LogP contribution in [0.2, 0.25) is 0 Å². The summed E-state index contributed by atoms with van der Waals surface area (Å²) in [5.74, 6) is -11.2. The highest BCUT2D eigenvalue weighted by Gasteiger charge is 2.35. The predicted molar refractivity (Wildman–Crippen MR) is 242 cm³/mol. The Balaban J connectivity index is 5.70. The molecule has 0 spiro atoms. The topological polar surface area (TPSA) is 409 Å². The Morgan fingerprint density at radius 1 is 0.507 bits per heavy atom. The van der Waals surface area contributed by atoms with E-state index in [9.17, 15) is 63.0 Å². The monoisotopic (exact) mass is 958 g/mol. The fourth-order valence-corrected chi connectivity index (χ4v) is 6.09. The average molecular weight is 958 g/mol. The molecule has 382 valence electrons. The summed E-state index contributed by atoms with van der Waals surface area (Å²) >= 11 is 0. The minimum Gasteiger partial charge on any atom is -0.481 e. The van der Waals surface area contributed by atoms with Crippen molar-refractivity contribution in [3.8, 4) is 0 Å². The third-order valence-corrected chi connectivity index (χ3v) is 10.9. The van der Waals surface area contributed by atoms with Gasteiger partial charge in [0.25, 0.3) is 0 Å². The molecule has 0 unspecified atom stereocenters. The molecule has 0 fully saturated rings. The summed E-state index contributed by atoms with van der Waals surface area (Å²) in [5.41, 5.74) is 11.3. The van der Waals surface area contributed by atoms with Crippen LogP contribution in [0, 0.1) is 17.8 Å². The maximum Gasteiger partial charge on any atom is 0.326 e. The summed E-state index contributed by atoms with van der Waals surface area (Å²) in [6.07, 6.45) is -0.335. The van der Waals surface area contributed by atoms with Crippen LogP contribution in [0.25, 0.3) is 0 Å². The molecule has 0 saturated carbocycles. The van der Waals surface area contributed by atoms with Gasteiger partial charge in [0.1, 0.15) is 42.3 Å². The zero-order valence-electron chi connectivity index (χ0n) is 40.0. The fraction of sp³-hybridized carbons (Fsp3) is 0.738. The van der Waals surface area contributed by atoms with Gasteiger partial charge in [0.15, 0.2) is 0 Å². The molecule has 0 saturated heterocycles. The number of carbonyl (C=O) groups is 11. The van der Waals surface area contributed by atoms with Gasteiger partial charge in [0.2, 0.25) is 53.2 Å². The summed E-state index contributed by atoms with van der Waals surface area (Å²) in [6.45, 7) is 12.9. The first-order valence-electron chi connectivity index (χ1n) is 22.5. The van der Waals surface area contributed by atoms with E-state index < -0.39 is 150 Å². The van der Waals surface area contributed by atoms with Crippen molar-refractivity contribution in [1.29, 1.82) is 0 Å². The first kappa shape index (κ1) is 61.0. The summed E-state index contributed by atoms with van der Waals surface area (Å²) < 4.78 is 0. The number of hydrogen-bond acceptors (Lipinski definition) is 14. The van der Waals surface area contributed by atoms with E-state index in [1.165, 1.54) is 20.8 Å². The summed E-state index contributed by atoms with van der Waals surface area (Å²) in [4.78, 5) is 140. The van der Waals surface area contributed by atoms with Crippen LogP contribution < -0.4 is 59.3 Å². The number of carboxylic acid groups (broad SMARTS) is 2. The third-order valence-electron chi connectivity index (χ3n) is 10.9. The van der Waals surface area contributed by atoms with E-state index in [4.69, 9.17) is 16.6 Å². The molecule has 9 amide bonds. The van der Waals surface area contributed by atoms with Gasteiger partial charge in [-0.05, 0) is 70.8 Å². The number of hydrogen-bond donors (Lipinski definition) is 14. The van der Waals surface area contributed by atoms with Crippen molar-refractivity contribution in [1.82, 2.24) is 47.9 Å². The Bertz CT molecular complexity index is 1710. The molecular weight excluding hydrogens is 883 g/mol. The van der Waals surface area contributed by atoms with Gasteiger partial charge in [-0.1, -0.05) is 54.4 Å². The van der Waals surface area contributed by atoms with Crippen LogP contribution in [0.3, 0.4) is 0 Å². The highest BCUT2D eigenvalue weighted by molar-refractivity contribution is 5.97. The van der Waals surface area contributed by atoms with E-state index in [2.05, 4.69) is 47.9 Å². The molecule has 0 aliphatic heterocycles. The molecule has 0 aliphatic rings. The zero-order chi connectivity index (χ0) is 51.7. The molecule has 0 aromatic heterocycles. The molecule has 0 heterocycles. The fourth-order valence-electron chi connectivity index (χ4n) is 6.09. The molecule has 25 nitrogen and oxygen atoms in total. The molecule has 67 heavy (non-hydrogen) atoms. The third kappa shape index (κ3) is 22.9. The number of unbranched alkanes of at least 4 members (excludes halogenated alkanes) is 1. The van der Waals surface area contributed by atoms with Crippen molar-refractivity contribution in [3.05, 3.63) is 0 Å². The number of aliphatic hydroxyl groups excluding tert-OH is 1. The van der Waals surface area contributed by atoms with Gasteiger partial charge in [-0.15, -0.1) is 0 Å². The Labute approximate surface area is 390 Å². The maximum absolute atomic E-state index is 13.8. The Morgan fingerprint density at radius 3 is 1.43 bits per heavy atom. The smallest absolute Gasteiger partial charge is 0.326 e. The average Bonchev–Trinajstić information content (AvgIpc) is 3.26. The largest absolute Gasteiger partial charge is 0.481 e. The molecule has 0 aliphatic carbocycles. The van der Waals surface area contributed by atoms with Gasteiger partial charge in [0, 0.05) is 6.42 Å². The van der Waals surface area contributed by atoms with Crippen molar-refractivity contribution in [2.24, 2.45) is 29.2 Å². The van der Waals surface area contributed by atoms with Crippen molar-refractivity contribution < 1.29 is 68.1 Å². The molecule has 0 aromatic carbocycles. The highest BCUT2D eigenvalue weighted by Crippen LogP contribution is 2.12. The van der Waals surface area contributed by atoms with E-state index in [1.807, 2.05) is 0 Å². The van der Waals surface area contributed by atoms with Crippen LogP contribution in [0.5, 0.6) is 0 Å². The van der Waals surface area contributed by atoms with Gasteiger partial charge in [0.05, 0.1) is 25.2 Å². The van der Waals surface area contributed by atoms with Crippen molar-refractivity contribution in [2.45, 2.75) is 162 Å². The van der Waals surface area contributed by atoms with E-state index >= 15 is 0 Å². The second-order valence-electron chi connectivity index (χ2n) is 16.9. The quantitative estimate of drug-likeness (QED) is 0.0288. The minimum absolute atomic E-state index is 0.0436. The highest BCUT2D eigenvalue weighted by atomic mass is 16.4. The maximum atomic E-state index is 13.8. The van der Waals surface area contributed by atoms with Crippen molar-refractivity contribution >= 4 is 65.1 Å². The Kier molecular flexibility index (Phi) is 28.3. The van der Waals surface area contributed by atoms with Crippen molar-refractivity contribution in [2.75, 3.05) is 19.6 Å². The van der Waals surface area contributed by atoms with Gasteiger partial charge in [-0.2, -0.15) is 0 Å². The number of rotatable bonds is 32. The number of carbonyl (C=O) groups excluding carboxylic acids is 9. The normalized spacial score (nSPS) is 16.0. The predicted octanol–water partition coefficient (Wildman–Crippen LogP) is -3.81. The standard InChI is InChI=1S/C42H75N11O14/c1-10-21(5)32(50-28(55)18-45-35(59)23(7)47-36(60)24(8)48-37(61)26(44)15-16-30(57)58)39(63)46-19-29(56)51-33(22(6)11-2)40(64)49-27(14-12-13-17-43)38(62)53-34(25(9)54)41(65)52-31(20(3)4)42(66)67/h20-27,31-34,54H,10-19,43-44H2,1-9H3,(H,45,59)(H,46,63)(H,47,60)(H,48,61)(H,49,64)(H,50,55)(H,51,56)(H,52,65)(H,53,62)(H,57,58)(H,66,67)/t21-,22-,23-,24-,25+,26-,27-,31-,32-,33-,34-/m0/s1. The lowest BCUT2D eigenvalue weighted by molar-refractivity contribution is -0.144. The summed E-state index contributed by atoms with van der Waals surface area (Å²) in [6, 6.07) is -10.1. The SMILES string of the molecule is CC[C@H](C)[C@H](NC(=O)CNC(=O)[C@H](C)NC(=O)[C@H](C)NC(=O)[C@@H](N)CCC(=O)O)C(=O)NCC(=O)N[C@H](C(=O)N[C@@H](CCCCN)C(=O)N[C@H](C(=O)N[C@H](C(=O)O)C(C)C)[C@@H](C)O)[C@@H](C)CC. The van der Waals surface area contributed by atoms with Gasteiger partial charge in [-0.25, -0.2) is 4.79 Å². The lowest BCUT2D eigenvalue weighted by Crippen LogP contribution is -2.61.